The van der Waals surface area contributed by atoms with Gasteiger partial charge in [0.1, 0.15) is 11.3 Å². The predicted molar refractivity (Wildman–Crippen MR) is 91.5 cm³/mol. The van der Waals surface area contributed by atoms with Crippen LogP contribution in [-0.2, 0) is 6.54 Å². The number of carbonyl (C=O) groups excluding carboxylic acids is 1. The summed E-state index contributed by atoms with van der Waals surface area (Å²) in [5.41, 5.74) is 1.74. The second-order valence-corrected chi connectivity index (χ2v) is 5.58. The highest BCUT2D eigenvalue weighted by Gasteiger charge is 2.17. The first-order chi connectivity index (χ1) is 12.6. The van der Waals surface area contributed by atoms with Gasteiger partial charge >= 0.3 is 0 Å². The minimum atomic E-state index is -0.315. The number of aromatic nitrogens is 5. The summed E-state index contributed by atoms with van der Waals surface area (Å²) in [5, 5.41) is 6.51. The van der Waals surface area contributed by atoms with E-state index >= 15 is 0 Å². The molecule has 0 atom stereocenters. The summed E-state index contributed by atoms with van der Waals surface area (Å²) in [6.07, 6.45) is 3.29. The third-order valence-electron chi connectivity index (χ3n) is 3.85. The van der Waals surface area contributed by atoms with E-state index in [4.69, 9.17) is 4.52 Å². The first-order valence-electron chi connectivity index (χ1n) is 7.86. The highest BCUT2D eigenvalue weighted by Crippen LogP contribution is 2.13. The van der Waals surface area contributed by atoms with Crippen molar-refractivity contribution in [1.29, 1.82) is 0 Å². The zero-order chi connectivity index (χ0) is 18.1. The van der Waals surface area contributed by atoms with Crippen LogP contribution >= 0.6 is 0 Å². The van der Waals surface area contributed by atoms with Gasteiger partial charge in [0, 0.05) is 12.4 Å². The molecule has 0 saturated carbocycles. The van der Waals surface area contributed by atoms with Gasteiger partial charge in [-0.3, -0.25) is 14.0 Å². The number of imidazole rings is 1. The molecule has 0 spiro atoms. The summed E-state index contributed by atoms with van der Waals surface area (Å²) in [5.74, 6) is 0.0590. The number of fused-ring (bicyclic) bond motifs is 1. The van der Waals surface area contributed by atoms with Crippen LogP contribution in [0.3, 0.4) is 0 Å². The number of carbonyl (C=O) groups is 1. The average molecular weight is 350 g/mol. The number of rotatable bonds is 4. The summed E-state index contributed by atoms with van der Waals surface area (Å²) in [6.45, 7) is 1.81. The van der Waals surface area contributed by atoms with Gasteiger partial charge in [-0.25, -0.2) is 4.98 Å². The largest absolute Gasteiger partial charge is 0.342 e. The SMILES string of the molecule is Cc1nc2ccccn2c1C(=O)NCc1nc(-c2ccc[nH]c2=O)no1. The summed E-state index contributed by atoms with van der Waals surface area (Å²) in [7, 11) is 0. The zero-order valence-corrected chi connectivity index (χ0v) is 13.8. The van der Waals surface area contributed by atoms with E-state index in [1.165, 1.54) is 6.20 Å². The standard InChI is InChI=1S/C17H14N6O3/c1-10-14(23-8-3-2-6-12(23)20-10)17(25)19-9-13-21-15(22-26-13)11-5-4-7-18-16(11)24/h2-8H,9H2,1H3,(H,18,24)(H,19,25). The number of aryl methyl sites for hydroxylation is 1. The molecular formula is C17H14N6O3. The van der Waals surface area contributed by atoms with E-state index in [9.17, 15) is 9.59 Å². The van der Waals surface area contributed by atoms with Gasteiger partial charge in [0.15, 0.2) is 0 Å². The molecule has 2 N–H and O–H groups in total. The van der Waals surface area contributed by atoms with E-state index in [2.05, 4.69) is 25.4 Å². The van der Waals surface area contributed by atoms with Crippen LogP contribution in [0.4, 0.5) is 0 Å². The fraction of sp³-hybridized carbons (Fsp3) is 0.118. The summed E-state index contributed by atoms with van der Waals surface area (Å²) in [6, 6.07) is 8.77. The first kappa shape index (κ1) is 15.8. The number of nitrogens with one attached hydrogen (secondary N) is 2. The molecule has 4 heterocycles. The lowest BCUT2D eigenvalue weighted by Gasteiger charge is -2.03. The molecule has 0 radical (unpaired) electrons. The lowest BCUT2D eigenvalue weighted by Crippen LogP contribution is -2.25. The Labute approximate surface area is 146 Å². The van der Waals surface area contributed by atoms with Crippen LogP contribution in [0.5, 0.6) is 0 Å². The van der Waals surface area contributed by atoms with Crippen LogP contribution in [0.15, 0.2) is 52.0 Å². The molecule has 26 heavy (non-hydrogen) atoms. The minimum Gasteiger partial charge on any atom is -0.342 e. The number of aromatic amines is 1. The molecule has 0 aromatic carbocycles. The van der Waals surface area contributed by atoms with E-state index in [1.807, 2.05) is 18.2 Å². The summed E-state index contributed by atoms with van der Waals surface area (Å²) in [4.78, 5) is 35.3. The molecule has 0 aliphatic rings. The van der Waals surface area contributed by atoms with Crippen LogP contribution in [-0.4, -0.2) is 30.4 Å². The molecular weight excluding hydrogens is 336 g/mol. The third-order valence-corrected chi connectivity index (χ3v) is 3.85. The van der Waals surface area contributed by atoms with Crippen molar-refractivity contribution in [3.8, 4) is 11.4 Å². The van der Waals surface area contributed by atoms with Gasteiger partial charge in [-0.05, 0) is 31.2 Å². The van der Waals surface area contributed by atoms with Crippen molar-refractivity contribution in [3.05, 3.63) is 70.4 Å². The molecule has 0 aliphatic carbocycles. The molecule has 4 aromatic rings. The second-order valence-electron chi connectivity index (χ2n) is 5.58. The smallest absolute Gasteiger partial charge is 0.270 e. The average Bonchev–Trinajstić information content (AvgIpc) is 3.23. The van der Waals surface area contributed by atoms with Crippen molar-refractivity contribution >= 4 is 11.6 Å². The molecule has 4 aromatic heterocycles. The van der Waals surface area contributed by atoms with Crippen LogP contribution in [0, 0.1) is 6.92 Å². The van der Waals surface area contributed by atoms with Gasteiger partial charge < -0.3 is 14.8 Å². The summed E-state index contributed by atoms with van der Waals surface area (Å²) >= 11 is 0. The third kappa shape index (κ3) is 2.75. The molecule has 0 aliphatic heterocycles. The molecule has 0 bridgehead atoms. The lowest BCUT2D eigenvalue weighted by atomic mass is 10.3. The fourth-order valence-corrected chi connectivity index (χ4v) is 2.66. The van der Waals surface area contributed by atoms with Crippen molar-refractivity contribution < 1.29 is 9.32 Å². The topological polar surface area (TPSA) is 118 Å². The predicted octanol–water partition coefficient (Wildman–Crippen LogP) is 1.31. The van der Waals surface area contributed by atoms with Crippen molar-refractivity contribution in [2.24, 2.45) is 0 Å². The zero-order valence-electron chi connectivity index (χ0n) is 13.8. The van der Waals surface area contributed by atoms with Crippen LogP contribution < -0.4 is 10.9 Å². The monoisotopic (exact) mass is 350 g/mol. The Morgan fingerprint density at radius 3 is 3.00 bits per heavy atom. The Bertz CT molecular complexity index is 1160. The van der Waals surface area contributed by atoms with E-state index in [0.717, 1.165) is 0 Å². The van der Waals surface area contributed by atoms with Crippen LogP contribution in [0.1, 0.15) is 22.1 Å². The fourth-order valence-electron chi connectivity index (χ4n) is 2.66. The van der Waals surface area contributed by atoms with E-state index in [-0.39, 0.29) is 29.7 Å². The number of H-pyrrole nitrogens is 1. The Balaban J connectivity index is 1.53. The Morgan fingerprint density at radius 2 is 2.15 bits per heavy atom. The van der Waals surface area contributed by atoms with Crippen molar-refractivity contribution in [2.45, 2.75) is 13.5 Å². The second kappa shape index (κ2) is 6.28. The number of hydrogen-bond donors (Lipinski definition) is 2. The minimum absolute atomic E-state index is 0.0378. The van der Waals surface area contributed by atoms with Gasteiger partial charge in [-0.1, -0.05) is 11.2 Å². The molecule has 0 fully saturated rings. The number of nitrogens with zero attached hydrogens (tertiary/aromatic N) is 4. The van der Waals surface area contributed by atoms with E-state index in [1.54, 1.807) is 29.7 Å². The Hall–Kier alpha value is -3.75. The van der Waals surface area contributed by atoms with Gasteiger partial charge in [0.2, 0.25) is 11.7 Å². The maximum atomic E-state index is 12.5. The van der Waals surface area contributed by atoms with Crippen molar-refractivity contribution in [3.63, 3.8) is 0 Å². The molecule has 1 amide bonds. The first-order valence-corrected chi connectivity index (χ1v) is 7.86. The molecule has 4 rings (SSSR count). The quantitative estimate of drug-likeness (QED) is 0.573. The van der Waals surface area contributed by atoms with E-state index < -0.39 is 0 Å². The molecule has 130 valence electrons. The molecule has 9 heteroatoms. The van der Waals surface area contributed by atoms with Crippen molar-refractivity contribution in [1.82, 2.24) is 29.8 Å². The summed E-state index contributed by atoms with van der Waals surface area (Å²) < 4.78 is 6.82. The van der Waals surface area contributed by atoms with Crippen LogP contribution in [0.25, 0.3) is 17.0 Å². The molecule has 0 unspecified atom stereocenters. The molecule has 9 nitrogen and oxygen atoms in total. The Morgan fingerprint density at radius 1 is 1.27 bits per heavy atom. The normalized spacial score (nSPS) is 11.0. The highest BCUT2D eigenvalue weighted by molar-refractivity contribution is 5.94. The van der Waals surface area contributed by atoms with Gasteiger partial charge in [-0.2, -0.15) is 4.98 Å². The van der Waals surface area contributed by atoms with Crippen molar-refractivity contribution in [2.75, 3.05) is 0 Å². The number of pyridine rings is 2. The molecule has 0 saturated heterocycles. The maximum Gasteiger partial charge on any atom is 0.270 e. The number of hydrogen-bond acceptors (Lipinski definition) is 6. The lowest BCUT2D eigenvalue weighted by molar-refractivity contribution is 0.0939. The maximum absolute atomic E-state index is 12.5. The van der Waals surface area contributed by atoms with Gasteiger partial charge in [0.05, 0.1) is 17.8 Å². The Kier molecular flexibility index (Phi) is 3.81. The van der Waals surface area contributed by atoms with Gasteiger partial charge in [0.25, 0.3) is 11.5 Å². The highest BCUT2D eigenvalue weighted by atomic mass is 16.5. The number of amides is 1. The van der Waals surface area contributed by atoms with E-state index in [0.29, 0.717) is 22.6 Å². The van der Waals surface area contributed by atoms with Crippen LogP contribution in [0.2, 0.25) is 0 Å². The van der Waals surface area contributed by atoms with Gasteiger partial charge in [-0.15, -0.1) is 0 Å².